The maximum atomic E-state index is 12.4. The number of hydrogen-bond donors (Lipinski definition) is 1. The highest BCUT2D eigenvalue weighted by Crippen LogP contribution is 2.48. The number of para-hydroxylation sites is 1. The van der Waals surface area contributed by atoms with Crippen LogP contribution in [0.4, 0.5) is 5.69 Å². The van der Waals surface area contributed by atoms with Crippen LogP contribution in [0.3, 0.4) is 0 Å². The van der Waals surface area contributed by atoms with Crippen molar-refractivity contribution in [1.29, 1.82) is 0 Å². The van der Waals surface area contributed by atoms with Gasteiger partial charge in [-0.15, -0.1) is 11.3 Å². The lowest BCUT2D eigenvalue weighted by atomic mass is 9.89. The van der Waals surface area contributed by atoms with E-state index < -0.39 is 0 Å². The molecule has 0 unspecified atom stereocenters. The van der Waals surface area contributed by atoms with Crippen LogP contribution in [0.1, 0.15) is 22.8 Å². The molecule has 4 rings (SSSR count). The van der Waals surface area contributed by atoms with E-state index in [1.807, 2.05) is 48.5 Å². The maximum absolute atomic E-state index is 12.4. The maximum Gasteiger partial charge on any atom is 0.225 e. The highest BCUT2D eigenvalue weighted by molar-refractivity contribution is 7.11. The zero-order valence-electron chi connectivity index (χ0n) is 14.6. The number of ether oxygens (including phenoxy) is 2. The lowest BCUT2D eigenvalue weighted by Crippen LogP contribution is -2.22. The minimum atomic E-state index is 0.0351. The van der Waals surface area contributed by atoms with E-state index in [-0.39, 0.29) is 11.8 Å². The monoisotopic (exact) mass is 365 g/mol. The number of nitrogens with one attached hydrogen (secondary N) is 1. The second-order valence-corrected chi connectivity index (χ2v) is 7.08. The molecule has 0 bridgehead atoms. The molecule has 1 aliphatic rings. The molecule has 2 heterocycles. The van der Waals surface area contributed by atoms with E-state index in [0.29, 0.717) is 6.42 Å². The summed E-state index contributed by atoms with van der Waals surface area (Å²) in [5.41, 5.74) is 4.02. The van der Waals surface area contributed by atoms with Gasteiger partial charge in [-0.05, 0) is 23.8 Å². The fourth-order valence-electron chi connectivity index (χ4n) is 3.40. The van der Waals surface area contributed by atoms with Crippen LogP contribution in [0, 0.1) is 0 Å². The van der Waals surface area contributed by atoms with Crippen LogP contribution in [0.2, 0.25) is 0 Å². The SMILES string of the molecule is COc1ccc([C@@H]2CC(=O)Nc3c(-c4ccccc4OC)csc32)cc1. The summed E-state index contributed by atoms with van der Waals surface area (Å²) in [7, 11) is 3.32. The lowest BCUT2D eigenvalue weighted by molar-refractivity contribution is -0.116. The van der Waals surface area contributed by atoms with Crippen molar-refractivity contribution in [2.45, 2.75) is 12.3 Å². The minimum Gasteiger partial charge on any atom is -0.497 e. The number of hydrogen-bond acceptors (Lipinski definition) is 4. The molecule has 1 aromatic heterocycles. The van der Waals surface area contributed by atoms with Gasteiger partial charge in [0.15, 0.2) is 0 Å². The van der Waals surface area contributed by atoms with Gasteiger partial charge >= 0.3 is 0 Å². The van der Waals surface area contributed by atoms with Gasteiger partial charge in [0.25, 0.3) is 0 Å². The average Bonchev–Trinajstić information content (AvgIpc) is 3.11. The molecule has 4 nitrogen and oxygen atoms in total. The van der Waals surface area contributed by atoms with Gasteiger partial charge in [-0.25, -0.2) is 0 Å². The Bertz CT molecular complexity index is 946. The number of rotatable bonds is 4. The Hall–Kier alpha value is -2.79. The molecule has 0 radical (unpaired) electrons. The summed E-state index contributed by atoms with van der Waals surface area (Å²) in [5.74, 6) is 1.70. The van der Waals surface area contributed by atoms with E-state index >= 15 is 0 Å². The van der Waals surface area contributed by atoms with Crippen molar-refractivity contribution in [3.8, 4) is 22.6 Å². The number of fused-ring (bicyclic) bond motifs is 1. The summed E-state index contributed by atoms with van der Waals surface area (Å²) in [6, 6.07) is 15.8. The molecule has 2 aromatic carbocycles. The van der Waals surface area contributed by atoms with Gasteiger partial charge in [-0.1, -0.05) is 30.3 Å². The predicted octanol–water partition coefficient (Wildman–Crippen LogP) is 4.91. The Labute approximate surface area is 156 Å². The molecule has 1 N–H and O–H groups in total. The van der Waals surface area contributed by atoms with Gasteiger partial charge in [0.1, 0.15) is 11.5 Å². The summed E-state index contributed by atoms with van der Waals surface area (Å²) in [5, 5.41) is 5.17. The molecule has 0 spiro atoms. The van der Waals surface area contributed by atoms with E-state index in [0.717, 1.165) is 33.9 Å². The third-order valence-corrected chi connectivity index (χ3v) is 5.80. The van der Waals surface area contributed by atoms with Crippen LogP contribution in [-0.2, 0) is 4.79 Å². The molecule has 0 fully saturated rings. The van der Waals surface area contributed by atoms with E-state index in [1.54, 1.807) is 25.6 Å². The molecule has 0 aliphatic carbocycles. The number of carbonyl (C=O) groups is 1. The first-order chi connectivity index (χ1) is 12.7. The van der Waals surface area contributed by atoms with Gasteiger partial charge in [0.05, 0.1) is 19.9 Å². The second-order valence-electron chi connectivity index (χ2n) is 6.17. The van der Waals surface area contributed by atoms with Crippen LogP contribution >= 0.6 is 11.3 Å². The average molecular weight is 365 g/mol. The Morgan fingerprint density at radius 2 is 1.77 bits per heavy atom. The van der Waals surface area contributed by atoms with Gasteiger partial charge in [0, 0.05) is 33.7 Å². The van der Waals surface area contributed by atoms with Crippen molar-refractivity contribution in [3.63, 3.8) is 0 Å². The van der Waals surface area contributed by atoms with Gasteiger partial charge in [0.2, 0.25) is 5.91 Å². The zero-order chi connectivity index (χ0) is 18.1. The quantitative estimate of drug-likeness (QED) is 0.715. The van der Waals surface area contributed by atoms with Crippen molar-refractivity contribution in [3.05, 3.63) is 64.4 Å². The largest absolute Gasteiger partial charge is 0.497 e. The topological polar surface area (TPSA) is 47.6 Å². The predicted molar refractivity (Wildman–Crippen MR) is 104 cm³/mol. The third-order valence-electron chi connectivity index (χ3n) is 4.71. The van der Waals surface area contributed by atoms with Crippen LogP contribution in [0.25, 0.3) is 11.1 Å². The first kappa shape index (κ1) is 16.7. The number of carbonyl (C=O) groups excluding carboxylic acids is 1. The molecule has 3 aromatic rings. The fraction of sp³-hybridized carbons (Fsp3) is 0.190. The minimum absolute atomic E-state index is 0.0351. The van der Waals surface area contributed by atoms with Crippen LogP contribution in [-0.4, -0.2) is 20.1 Å². The van der Waals surface area contributed by atoms with Gasteiger partial charge in [-0.3, -0.25) is 4.79 Å². The highest BCUT2D eigenvalue weighted by Gasteiger charge is 2.31. The standard InChI is InChI=1S/C21H19NO3S/c1-24-14-9-7-13(8-10-14)16-11-19(23)22-20-17(12-26-21(16)20)15-5-3-4-6-18(15)25-2/h3-10,12,16H,11H2,1-2H3,(H,22,23)/t16-/m0/s1. The number of anilines is 1. The van der Waals surface area contributed by atoms with E-state index in [4.69, 9.17) is 9.47 Å². The molecule has 0 saturated carbocycles. The molecule has 5 heteroatoms. The van der Waals surface area contributed by atoms with Crippen molar-refractivity contribution in [2.24, 2.45) is 0 Å². The summed E-state index contributed by atoms with van der Waals surface area (Å²) in [4.78, 5) is 13.6. The van der Waals surface area contributed by atoms with Gasteiger partial charge < -0.3 is 14.8 Å². The normalized spacial score (nSPS) is 15.9. The molecular weight excluding hydrogens is 346 g/mol. The lowest BCUT2D eigenvalue weighted by Gasteiger charge is -2.24. The molecule has 132 valence electrons. The molecule has 26 heavy (non-hydrogen) atoms. The number of benzene rings is 2. The van der Waals surface area contributed by atoms with Gasteiger partial charge in [-0.2, -0.15) is 0 Å². The first-order valence-electron chi connectivity index (χ1n) is 8.40. The number of thiophene rings is 1. The Balaban J connectivity index is 1.80. The van der Waals surface area contributed by atoms with Crippen molar-refractivity contribution >= 4 is 22.9 Å². The van der Waals surface area contributed by atoms with Crippen LogP contribution in [0.15, 0.2) is 53.9 Å². The highest BCUT2D eigenvalue weighted by atomic mass is 32.1. The van der Waals surface area contributed by atoms with E-state index in [1.165, 1.54) is 4.88 Å². The van der Waals surface area contributed by atoms with Crippen LogP contribution in [0.5, 0.6) is 11.5 Å². The molecular formula is C21H19NO3S. The Morgan fingerprint density at radius 1 is 1.00 bits per heavy atom. The summed E-state index contributed by atoms with van der Waals surface area (Å²) in [6.45, 7) is 0. The summed E-state index contributed by atoms with van der Waals surface area (Å²) >= 11 is 1.68. The van der Waals surface area contributed by atoms with Crippen LogP contribution < -0.4 is 14.8 Å². The van der Waals surface area contributed by atoms with E-state index in [9.17, 15) is 4.79 Å². The third kappa shape index (κ3) is 2.84. The van der Waals surface area contributed by atoms with Crippen molar-refractivity contribution in [2.75, 3.05) is 19.5 Å². The zero-order valence-corrected chi connectivity index (χ0v) is 15.4. The molecule has 1 aliphatic heterocycles. The molecule has 0 saturated heterocycles. The molecule has 1 atom stereocenters. The Kier molecular flexibility index (Phi) is 4.39. The van der Waals surface area contributed by atoms with E-state index in [2.05, 4.69) is 10.7 Å². The molecule has 1 amide bonds. The fourth-order valence-corrected chi connectivity index (χ4v) is 4.55. The first-order valence-corrected chi connectivity index (χ1v) is 9.27. The Morgan fingerprint density at radius 3 is 2.50 bits per heavy atom. The smallest absolute Gasteiger partial charge is 0.225 e. The number of amides is 1. The second kappa shape index (κ2) is 6.84. The van der Waals surface area contributed by atoms with Crippen molar-refractivity contribution < 1.29 is 14.3 Å². The summed E-state index contributed by atoms with van der Waals surface area (Å²) in [6.07, 6.45) is 0.450. The summed E-state index contributed by atoms with van der Waals surface area (Å²) < 4.78 is 10.7. The van der Waals surface area contributed by atoms with Crippen molar-refractivity contribution in [1.82, 2.24) is 0 Å². The number of methoxy groups -OCH3 is 2.